The molecular formula is C31H21NO2. The van der Waals surface area contributed by atoms with Crippen molar-refractivity contribution in [3.05, 3.63) is 121 Å². The molecule has 0 unspecified atom stereocenters. The molecule has 1 amide bonds. The zero-order valence-electron chi connectivity index (χ0n) is 18.4. The minimum Gasteiger partial charge on any atom is -0.409 e. The van der Waals surface area contributed by atoms with Crippen molar-refractivity contribution < 1.29 is 9.53 Å². The number of carbonyl (C=O) groups is 1. The lowest BCUT2D eigenvalue weighted by atomic mass is 9.93. The Morgan fingerprint density at radius 1 is 0.529 bits per heavy atom. The van der Waals surface area contributed by atoms with Gasteiger partial charge in [-0.1, -0.05) is 109 Å². The molecule has 0 heterocycles. The maximum Gasteiger partial charge on any atom is 0.417 e. The van der Waals surface area contributed by atoms with Crippen LogP contribution in [0.25, 0.3) is 43.4 Å². The van der Waals surface area contributed by atoms with Gasteiger partial charge in [-0.05, 0) is 44.6 Å². The van der Waals surface area contributed by atoms with Crippen molar-refractivity contribution in [1.29, 1.82) is 0 Å². The maximum absolute atomic E-state index is 13.1. The first-order valence-corrected chi connectivity index (χ1v) is 11.2. The molecule has 0 spiro atoms. The van der Waals surface area contributed by atoms with Crippen LogP contribution in [0, 0.1) is 0 Å². The molecule has 0 bridgehead atoms. The summed E-state index contributed by atoms with van der Waals surface area (Å²) in [5.74, 6) is 0.521. The van der Waals surface area contributed by atoms with Gasteiger partial charge in [0.1, 0.15) is 5.75 Å². The molecule has 3 heteroatoms. The molecule has 0 radical (unpaired) electrons. The number of hydrogen-bond donors (Lipinski definition) is 1. The zero-order valence-corrected chi connectivity index (χ0v) is 18.4. The molecule has 0 atom stereocenters. The highest BCUT2D eigenvalue weighted by Gasteiger charge is 2.17. The number of ether oxygens (including phenoxy) is 1. The standard InChI is InChI=1S/C31H21NO2/c33-31(32-28-18-8-13-22-10-2-5-15-25(22)28)34-29-20-19-23-11-3-6-16-26(23)30(29)27-17-7-12-21-9-1-4-14-24(21)27/h1-20H,(H,32,33). The second kappa shape index (κ2) is 8.38. The molecule has 6 aromatic carbocycles. The highest BCUT2D eigenvalue weighted by molar-refractivity contribution is 6.08. The molecule has 1 N–H and O–H groups in total. The molecule has 0 saturated heterocycles. The molecule has 0 saturated carbocycles. The van der Waals surface area contributed by atoms with Crippen molar-refractivity contribution in [2.75, 3.05) is 5.32 Å². The monoisotopic (exact) mass is 439 g/mol. The van der Waals surface area contributed by atoms with Gasteiger partial charge < -0.3 is 4.74 Å². The minimum atomic E-state index is -0.520. The largest absolute Gasteiger partial charge is 0.417 e. The Labute approximate surface area is 197 Å². The van der Waals surface area contributed by atoms with Gasteiger partial charge in [0, 0.05) is 10.9 Å². The van der Waals surface area contributed by atoms with Gasteiger partial charge in [0.2, 0.25) is 0 Å². The van der Waals surface area contributed by atoms with Crippen LogP contribution in [0.1, 0.15) is 0 Å². The third-order valence-corrected chi connectivity index (χ3v) is 6.18. The lowest BCUT2D eigenvalue weighted by Crippen LogP contribution is -2.17. The molecule has 0 aliphatic heterocycles. The van der Waals surface area contributed by atoms with Crippen LogP contribution in [-0.4, -0.2) is 6.09 Å². The SMILES string of the molecule is O=C(Nc1cccc2ccccc12)Oc1ccc2ccccc2c1-c1cccc2ccccc12. The maximum atomic E-state index is 13.1. The first kappa shape index (κ1) is 20.0. The Morgan fingerprint density at radius 3 is 1.85 bits per heavy atom. The third-order valence-electron chi connectivity index (χ3n) is 6.18. The number of fused-ring (bicyclic) bond motifs is 3. The van der Waals surface area contributed by atoms with E-state index in [0.717, 1.165) is 49.1 Å². The van der Waals surface area contributed by atoms with Crippen molar-refractivity contribution in [2.45, 2.75) is 0 Å². The van der Waals surface area contributed by atoms with Gasteiger partial charge in [-0.15, -0.1) is 0 Å². The second-order valence-electron chi connectivity index (χ2n) is 8.23. The van der Waals surface area contributed by atoms with Crippen LogP contribution >= 0.6 is 0 Å². The lowest BCUT2D eigenvalue weighted by Gasteiger charge is -2.16. The van der Waals surface area contributed by atoms with E-state index in [2.05, 4.69) is 41.7 Å². The van der Waals surface area contributed by atoms with E-state index in [1.807, 2.05) is 84.9 Å². The summed E-state index contributed by atoms with van der Waals surface area (Å²) < 4.78 is 5.96. The highest BCUT2D eigenvalue weighted by atomic mass is 16.6. The fourth-order valence-corrected chi connectivity index (χ4v) is 4.63. The van der Waals surface area contributed by atoms with Crippen molar-refractivity contribution in [3.63, 3.8) is 0 Å². The summed E-state index contributed by atoms with van der Waals surface area (Å²) in [5.41, 5.74) is 2.65. The van der Waals surface area contributed by atoms with Crippen molar-refractivity contribution in [2.24, 2.45) is 0 Å². The van der Waals surface area contributed by atoms with Crippen LogP contribution in [0.5, 0.6) is 5.75 Å². The van der Waals surface area contributed by atoms with Crippen LogP contribution < -0.4 is 10.1 Å². The fourth-order valence-electron chi connectivity index (χ4n) is 4.63. The third kappa shape index (κ3) is 3.54. The second-order valence-corrected chi connectivity index (χ2v) is 8.23. The van der Waals surface area contributed by atoms with E-state index < -0.39 is 6.09 Å². The van der Waals surface area contributed by atoms with E-state index in [4.69, 9.17) is 4.74 Å². The molecule has 6 aromatic rings. The van der Waals surface area contributed by atoms with Crippen LogP contribution in [-0.2, 0) is 0 Å². The average molecular weight is 440 g/mol. The Kier molecular flexibility index (Phi) is 4.93. The summed E-state index contributed by atoms with van der Waals surface area (Å²) in [4.78, 5) is 13.1. The van der Waals surface area contributed by atoms with Crippen LogP contribution in [0.3, 0.4) is 0 Å². The van der Waals surface area contributed by atoms with E-state index in [1.165, 1.54) is 0 Å². The van der Waals surface area contributed by atoms with Crippen molar-refractivity contribution in [1.82, 2.24) is 0 Å². The molecule has 162 valence electrons. The molecule has 3 nitrogen and oxygen atoms in total. The normalized spacial score (nSPS) is 11.1. The van der Waals surface area contributed by atoms with E-state index in [9.17, 15) is 4.79 Å². The van der Waals surface area contributed by atoms with Crippen LogP contribution in [0.15, 0.2) is 121 Å². The Bertz CT molecular complexity index is 1680. The number of anilines is 1. The van der Waals surface area contributed by atoms with Crippen LogP contribution in [0.4, 0.5) is 10.5 Å². The molecule has 0 aromatic heterocycles. The van der Waals surface area contributed by atoms with Gasteiger partial charge >= 0.3 is 6.09 Å². The first-order valence-electron chi connectivity index (χ1n) is 11.2. The predicted octanol–water partition coefficient (Wildman–Crippen LogP) is 8.42. The number of nitrogens with one attached hydrogen (secondary N) is 1. The van der Waals surface area contributed by atoms with Gasteiger partial charge in [0.25, 0.3) is 0 Å². The van der Waals surface area contributed by atoms with Crippen molar-refractivity contribution >= 4 is 44.1 Å². The molecule has 0 aliphatic carbocycles. The number of rotatable bonds is 3. The molecule has 0 aliphatic rings. The quantitative estimate of drug-likeness (QED) is 0.300. The van der Waals surface area contributed by atoms with Gasteiger partial charge in [-0.2, -0.15) is 0 Å². The lowest BCUT2D eigenvalue weighted by molar-refractivity contribution is 0.215. The Hall–Kier alpha value is -4.63. The number of hydrogen-bond acceptors (Lipinski definition) is 2. The van der Waals surface area contributed by atoms with E-state index in [0.29, 0.717) is 5.75 Å². The fraction of sp³-hybridized carbons (Fsp3) is 0. The molecule has 6 rings (SSSR count). The molecule has 34 heavy (non-hydrogen) atoms. The van der Waals surface area contributed by atoms with Gasteiger partial charge in [-0.25, -0.2) is 4.79 Å². The summed E-state index contributed by atoms with van der Waals surface area (Å²) in [7, 11) is 0. The van der Waals surface area contributed by atoms with Gasteiger partial charge in [-0.3, -0.25) is 5.32 Å². The summed E-state index contributed by atoms with van der Waals surface area (Å²) in [6, 6.07) is 40.3. The number of benzene rings is 6. The summed E-state index contributed by atoms with van der Waals surface area (Å²) in [6.07, 6.45) is -0.520. The van der Waals surface area contributed by atoms with E-state index >= 15 is 0 Å². The Balaban J connectivity index is 1.46. The predicted molar refractivity (Wildman–Crippen MR) is 140 cm³/mol. The van der Waals surface area contributed by atoms with Crippen LogP contribution in [0.2, 0.25) is 0 Å². The smallest absolute Gasteiger partial charge is 0.409 e. The number of carbonyl (C=O) groups excluding carboxylic acids is 1. The summed E-state index contributed by atoms with van der Waals surface area (Å²) in [5, 5.41) is 9.34. The van der Waals surface area contributed by atoms with Gasteiger partial charge in [0.15, 0.2) is 0 Å². The van der Waals surface area contributed by atoms with E-state index in [1.54, 1.807) is 0 Å². The topological polar surface area (TPSA) is 38.3 Å². The minimum absolute atomic E-state index is 0.520. The Morgan fingerprint density at radius 2 is 1.09 bits per heavy atom. The first-order chi connectivity index (χ1) is 16.8. The van der Waals surface area contributed by atoms with E-state index in [-0.39, 0.29) is 0 Å². The van der Waals surface area contributed by atoms with Gasteiger partial charge in [0.05, 0.1) is 5.69 Å². The highest BCUT2D eigenvalue weighted by Crippen LogP contribution is 2.40. The average Bonchev–Trinajstić information content (AvgIpc) is 2.88. The number of amides is 1. The zero-order chi connectivity index (χ0) is 22.9. The molecule has 0 fully saturated rings. The molecular weight excluding hydrogens is 418 g/mol. The summed E-state index contributed by atoms with van der Waals surface area (Å²) >= 11 is 0. The summed E-state index contributed by atoms with van der Waals surface area (Å²) in [6.45, 7) is 0. The van der Waals surface area contributed by atoms with Crippen molar-refractivity contribution in [3.8, 4) is 16.9 Å².